The molecule has 0 aromatic heterocycles. The number of Topliss-reactive ketones (excluding diaryl/α,β-unsaturated/α-hetero) is 3. The number of nitriles is 1. The Morgan fingerprint density at radius 3 is 1.31 bits per heavy atom. The van der Waals surface area contributed by atoms with Crippen molar-refractivity contribution in [2.24, 2.45) is 29.0 Å². The van der Waals surface area contributed by atoms with E-state index in [1.165, 1.54) is 91.9 Å². The van der Waals surface area contributed by atoms with Crippen LogP contribution < -0.4 is 37.5 Å². The van der Waals surface area contributed by atoms with Gasteiger partial charge in [-0.3, -0.25) is 24.0 Å². The lowest BCUT2D eigenvalue weighted by Crippen LogP contribution is -2.45. The Hall–Kier alpha value is -12.0. The van der Waals surface area contributed by atoms with Crippen LogP contribution in [0.4, 0.5) is 0 Å². The van der Waals surface area contributed by atoms with E-state index < -0.39 is 47.5 Å². The summed E-state index contributed by atoms with van der Waals surface area (Å²) in [4.78, 5) is 105. The monoisotopic (exact) mass is 1800 g/mol. The molecule has 1 aliphatic heterocycles. The molecule has 11 rings (SSSR count). The quantitative estimate of drug-likeness (QED) is 0.0140. The maximum absolute atomic E-state index is 14.8. The molecule has 0 aliphatic carbocycles. The third-order valence-corrected chi connectivity index (χ3v) is 22.1. The second-order valence-corrected chi connectivity index (χ2v) is 32.1. The minimum atomic E-state index is -1.20. The Bertz CT molecular complexity index is 5130. The summed E-state index contributed by atoms with van der Waals surface area (Å²) < 4.78 is 22.6. The summed E-state index contributed by atoms with van der Waals surface area (Å²) in [6, 6.07) is 73.0. The van der Waals surface area contributed by atoms with Gasteiger partial charge in [-0.1, -0.05) is 239 Å². The molecule has 4 bridgehead atoms. The van der Waals surface area contributed by atoms with Crippen LogP contribution in [0.1, 0.15) is 205 Å². The Morgan fingerprint density at radius 1 is 0.523 bits per heavy atom. The second kappa shape index (κ2) is 57.7. The lowest BCUT2D eigenvalue weighted by atomic mass is 9.87. The van der Waals surface area contributed by atoms with E-state index in [4.69, 9.17) is 44.4 Å². The van der Waals surface area contributed by atoms with Crippen LogP contribution in [0, 0.1) is 23.2 Å². The summed E-state index contributed by atoms with van der Waals surface area (Å²) in [6.45, 7) is 11.5. The van der Waals surface area contributed by atoms with Crippen LogP contribution >= 0.6 is 15.9 Å². The van der Waals surface area contributed by atoms with Gasteiger partial charge in [0.05, 0.1) is 43.0 Å². The fourth-order valence-electron chi connectivity index (χ4n) is 14.2. The smallest absolute Gasteiger partial charge is 0.337 e. The highest BCUT2D eigenvalue weighted by molar-refractivity contribution is 9.10. The number of nitrogens with two attached hydrogens (primary N) is 3. The van der Waals surface area contributed by atoms with Crippen molar-refractivity contribution >= 4 is 76.3 Å². The number of carbonyl (C=O) groups excluding carboxylic acids is 7. The third-order valence-electron chi connectivity index (χ3n) is 21.6. The fraction of sp³-hybridized carbons (Fsp3) is 0.343. The van der Waals surface area contributed by atoms with Gasteiger partial charge in [-0.15, -0.1) is 0 Å². The maximum Gasteiger partial charge on any atom is 0.337 e. The van der Waals surface area contributed by atoms with E-state index in [0.29, 0.717) is 80.9 Å². The SMILES string of the molecule is CCCCc1ccc(-c2ccc(C(=O)C[C@@H](CCCN)C(=O)N(C)[C@@H]3C(=O)C[C@@H](C)C(=O)N[C@H](C(=O)CCC#N)Cc4ccc(OCCN)c(c4)-c4cc3ccc4OCCN)cc2)cc1.CCCCc1ccc(-c2ccc(C(=O)O)cc2)cc1.CCCCc1ccc(-c2ccc(C(=O)OC)cc2)cc1.CCCCc1ccc(Br)cc1.O.O.[B]c1ccc(C(=O)OC)cc1. The number of aryl methyl sites for hydroxylation is 4. The van der Waals surface area contributed by atoms with Crippen molar-refractivity contribution in [3.63, 3.8) is 0 Å². The second-order valence-electron chi connectivity index (χ2n) is 31.2. The van der Waals surface area contributed by atoms with Crippen molar-refractivity contribution in [2.45, 2.75) is 169 Å². The van der Waals surface area contributed by atoms with Gasteiger partial charge in [0.1, 0.15) is 38.6 Å². The van der Waals surface area contributed by atoms with Crippen LogP contribution in [0.3, 0.4) is 0 Å². The van der Waals surface area contributed by atoms with Crippen molar-refractivity contribution in [3.8, 4) is 62.1 Å². The van der Waals surface area contributed by atoms with E-state index in [1.807, 2.05) is 48.5 Å². The average molecular weight is 1800 g/mol. The molecule has 128 heavy (non-hydrogen) atoms. The number of nitrogens with one attached hydrogen (secondary N) is 1. The largest absolute Gasteiger partial charge is 0.492 e. The number of unbranched alkanes of at least 4 members (excludes halogenated alkanes) is 4. The number of likely N-dealkylation sites (N-methyl/N-ethyl adjacent to an activating group) is 1. The van der Waals surface area contributed by atoms with Gasteiger partial charge in [-0.2, -0.15) is 5.26 Å². The zero-order valence-electron chi connectivity index (χ0n) is 75.1. The van der Waals surface area contributed by atoms with Gasteiger partial charge in [-0.05, 0) is 217 Å². The van der Waals surface area contributed by atoms with Gasteiger partial charge in [0.15, 0.2) is 17.3 Å². The van der Waals surface area contributed by atoms with E-state index in [-0.39, 0.29) is 92.9 Å². The normalized spacial score (nSPS) is 13.3. The highest BCUT2D eigenvalue weighted by Crippen LogP contribution is 2.42. The summed E-state index contributed by atoms with van der Waals surface area (Å²) in [5.41, 5.74) is 34.3. The number of aromatic carboxylic acids is 1. The molecule has 0 unspecified atom stereocenters. The highest BCUT2D eigenvalue weighted by Gasteiger charge is 2.37. The molecular formula is C105H126BBrN6O15. The minimum absolute atomic E-state index is 0. The molecule has 1 aliphatic rings. The Morgan fingerprint density at radius 2 is 0.914 bits per heavy atom. The first-order valence-electron chi connectivity index (χ1n) is 43.7. The van der Waals surface area contributed by atoms with Gasteiger partial charge in [0.2, 0.25) is 11.8 Å². The third kappa shape index (κ3) is 34.3. The van der Waals surface area contributed by atoms with Crippen LogP contribution in [-0.2, 0) is 60.8 Å². The molecule has 1 heterocycles. The van der Waals surface area contributed by atoms with Gasteiger partial charge in [0.25, 0.3) is 0 Å². The van der Waals surface area contributed by atoms with Crippen LogP contribution in [0.5, 0.6) is 11.5 Å². The number of rotatable bonds is 35. The average Bonchev–Trinajstić information content (AvgIpc) is 0.776. The number of carboxylic acids is 1. The number of halogens is 1. The van der Waals surface area contributed by atoms with Crippen molar-refractivity contribution < 1.29 is 73.4 Å². The number of carbonyl (C=O) groups is 8. The number of hydrogen-bond donors (Lipinski definition) is 5. The summed E-state index contributed by atoms with van der Waals surface area (Å²) in [5.74, 6) is -4.27. The number of esters is 2. The number of methoxy groups -OCH3 is 2. The lowest BCUT2D eigenvalue weighted by molar-refractivity contribution is -0.142. The molecule has 10 aromatic carbocycles. The number of hydrogen-bond acceptors (Lipinski definition) is 16. The number of ether oxygens (including phenoxy) is 4. The van der Waals surface area contributed by atoms with E-state index in [2.05, 4.69) is 151 Å². The van der Waals surface area contributed by atoms with Crippen LogP contribution in [0.2, 0.25) is 0 Å². The predicted molar refractivity (Wildman–Crippen MR) is 514 cm³/mol. The summed E-state index contributed by atoms with van der Waals surface area (Å²) in [7, 11) is 9.70. The first-order chi connectivity index (χ1) is 60.9. The number of amides is 2. The van der Waals surface area contributed by atoms with Crippen LogP contribution in [0.25, 0.3) is 44.5 Å². The van der Waals surface area contributed by atoms with Crippen molar-refractivity contribution in [1.29, 1.82) is 5.26 Å². The Balaban J connectivity index is 0.000000365. The Kier molecular flexibility index (Phi) is 48.0. The summed E-state index contributed by atoms with van der Waals surface area (Å²) >= 11 is 3.41. The summed E-state index contributed by atoms with van der Waals surface area (Å²) in [5, 5.41) is 21.0. The molecule has 676 valence electrons. The summed E-state index contributed by atoms with van der Waals surface area (Å²) in [6.07, 6.45) is 14.6. The molecule has 2 amide bonds. The number of ketones is 3. The molecule has 0 saturated heterocycles. The number of fused-ring (bicyclic) bond motifs is 5. The minimum Gasteiger partial charge on any atom is -0.492 e. The van der Waals surface area contributed by atoms with Gasteiger partial charge in [-0.25, -0.2) is 14.4 Å². The molecule has 21 nitrogen and oxygen atoms in total. The van der Waals surface area contributed by atoms with Crippen molar-refractivity contribution in [2.75, 3.05) is 54.1 Å². The topological polar surface area (TPSA) is 374 Å². The zero-order valence-corrected chi connectivity index (χ0v) is 76.7. The lowest BCUT2D eigenvalue weighted by Gasteiger charge is -2.32. The molecule has 4 atom stereocenters. The number of nitrogens with zero attached hydrogens (tertiary/aromatic N) is 2. The number of carboxylic acid groups (broad SMARTS) is 1. The van der Waals surface area contributed by atoms with E-state index in [9.17, 15) is 43.6 Å². The maximum atomic E-state index is 14.8. The van der Waals surface area contributed by atoms with E-state index >= 15 is 0 Å². The molecule has 0 fully saturated rings. The Labute approximate surface area is 765 Å². The standard InChI is InChI=1S/C52H64N6O7.C18H20O2.C17H18O2.C10H13Br.C8H7BO2.2H2O/c1-4-5-8-35-11-14-37(15-12-35)38-16-18-39(19-17-38)46(60)33-41(9-6-23-53)52(63)58(3)50-40-20-22-49(65-28-26-56)43(32-40)42-30-36(13-21-48(42)64-27-25-55)31-44(45(59)10-7-24-54)57-51(62)34(2)29-47(50)61;1-3-4-5-14-6-8-15(9-7-14)16-10-12-17(13-11-16)18(19)20-2;1-2-3-4-13-5-7-14(8-6-13)15-9-11-16(12-10-15)17(18)19;1-2-3-4-9-5-7-10(11)8-6-9;1-11-8(10)6-2-4-7(9)5-3-6;;/h11-22,30,32,34,41,44,50H,4-10,23,25-29,31,33,53,55-56H2,1-3H3,(H,57,62);6-13H,3-5H2,1-2H3;5-12H,2-4H2,1H3,(H,18,19);5-8H,2-4H2,1H3;2-5H,1H3;2*1H2/t34-,41-,44+,50+;;;;;;/m1....../s1. The molecule has 2 radical (unpaired) electrons. The number of benzene rings is 10. The van der Waals surface area contributed by atoms with Crippen LogP contribution in [0.15, 0.2) is 235 Å². The van der Waals surface area contributed by atoms with Crippen molar-refractivity contribution in [3.05, 3.63) is 291 Å². The van der Waals surface area contributed by atoms with Crippen LogP contribution in [-0.4, -0.2) is 136 Å². The molecule has 0 spiro atoms. The molecule has 10 aromatic rings. The fourth-order valence-corrected chi connectivity index (χ4v) is 14.5. The van der Waals surface area contributed by atoms with E-state index in [1.54, 1.807) is 105 Å². The van der Waals surface area contributed by atoms with Gasteiger partial charge >= 0.3 is 17.9 Å². The molecule has 0 saturated carbocycles. The zero-order chi connectivity index (χ0) is 91.3. The predicted octanol–water partition coefficient (Wildman–Crippen LogP) is 18.0. The molecule has 23 heteroatoms. The highest BCUT2D eigenvalue weighted by atomic mass is 79.9. The van der Waals surface area contributed by atoms with Crippen molar-refractivity contribution in [1.82, 2.24) is 10.2 Å². The van der Waals surface area contributed by atoms with Gasteiger partial charge in [0, 0.05) is 78.8 Å². The first-order valence-corrected chi connectivity index (χ1v) is 44.5. The molecular weight excluding hydrogens is 1680 g/mol. The molecule has 12 N–H and O–H groups in total. The first kappa shape index (κ1) is 107. The van der Waals surface area contributed by atoms with E-state index in [0.717, 1.165) is 64.4 Å². The van der Waals surface area contributed by atoms with Gasteiger partial charge < -0.3 is 62.4 Å².